The van der Waals surface area contributed by atoms with Gasteiger partial charge < -0.3 is 33.7 Å². The molecule has 64 heavy (non-hydrogen) atoms. The summed E-state index contributed by atoms with van der Waals surface area (Å²) in [5.74, 6) is -3.39. The minimum atomic E-state index is -2.96. The Kier molecular flexibility index (Phi) is 12.2. The lowest BCUT2D eigenvalue weighted by molar-refractivity contribution is -0.145. The van der Waals surface area contributed by atoms with Gasteiger partial charge in [0.2, 0.25) is 12.0 Å². The number of fused-ring (bicyclic) bond motifs is 7. The van der Waals surface area contributed by atoms with E-state index in [0.717, 1.165) is 37.5 Å². The monoisotopic (exact) mass is 932 g/mol. The number of carbonyl (C=O) groups is 1. The third kappa shape index (κ3) is 8.73. The van der Waals surface area contributed by atoms with E-state index in [4.69, 9.17) is 51.9 Å². The van der Waals surface area contributed by atoms with Gasteiger partial charge in [-0.15, -0.1) is 11.3 Å². The molecule has 3 aliphatic heterocycles. The molecule has 3 aromatic carbocycles. The molecule has 18 heteroatoms. The second kappa shape index (κ2) is 17.9. The lowest BCUT2D eigenvalue weighted by Gasteiger charge is -2.35. The zero-order valence-electron chi connectivity index (χ0n) is 35.4. The Labute approximate surface area is 381 Å². The van der Waals surface area contributed by atoms with Gasteiger partial charge in [-0.25, -0.2) is 33.5 Å². The number of ether oxygens (including phenoxy) is 5. The van der Waals surface area contributed by atoms with Crippen LogP contribution < -0.4 is 23.7 Å². The van der Waals surface area contributed by atoms with Crippen LogP contribution in [0, 0.1) is 13.8 Å². The number of hydrogen-bond donors (Lipinski definition) is 1. The number of aliphatic carboxylic acids is 1. The number of halogens is 4. The fraction of sp³-hybridized carbons (Fsp3) is 0.370. The Hall–Kier alpha value is -5.39. The number of rotatable bonds is 9. The number of alkyl halides is 2. The number of thiophene rings is 1. The minimum Gasteiger partial charge on any atom is -0.496 e. The molecule has 4 aliphatic rings. The van der Waals surface area contributed by atoms with Gasteiger partial charge in [0.15, 0.2) is 11.6 Å². The van der Waals surface area contributed by atoms with E-state index in [1.165, 1.54) is 6.33 Å². The van der Waals surface area contributed by atoms with Gasteiger partial charge in [0.25, 0.3) is 5.92 Å². The highest BCUT2D eigenvalue weighted by molar-refractivity contribution is 7.19. The first kappa shape index (κ1) is 43.8. The lowest BCUT2D eigenvalue weighted by atomic mass is 9.92. The van der Waals surface area contributed by atoms with Crippen LogP contribution in [0.3, 0.4) is 0 Å². The maximum atomic E-state index is 15.1. The van der Waals surface area contributed by atoms with E-state index in [-0.39, 0.29) is 53.1 Å². The van der Waals surface area contributed by atoms with Gasteiger partial charge >= 0.3 is 5.97 Å². The number of piperazine rings is 1. The molecule has 1 aliphatic carbocycles. The van der Waals surface area contributed by atoms with Gasteiger partial charge in [-0.05, 0) is 74.0 Å². The highest BCUT2D eigenvalue weighted by Crippen LogP contribution is 2.62. The van der Waals surface area contributed by atoms with Gasteiger partial charge in [0, 0.05) is 67.8 Å². The molecule has 0 radical (unpaired) electrons. The van der Waals surface area contributed by atoms with Crippen LogP contribution in [-0.4, -0.2) is 112 Å². The largest absolute Gasteiger partial charge is 0.496 e. The second-order valence-electron chi connectivity index (χ2n) is 16.2. The number of likely N-dealkylation sites (N-methyl/N-ethyl adjacent to an activating group) is 1. The van der Waals surface area contributed by atoms with Gasteiger partial charge in [0.05, 0.1) is 39.7 Å². The van der Waals surface area contributed by atoms with Crippen molar-refractivity contribution in [1.29, 1.82) is 0 Å². The predicted octanol–water partition coefficient (Wildman–Crippen LogP) is 8.91. The molecule has 1 saturated heterocycles. The van der Waals surface area contributed by atoms with Gasteiger partial charge in [-0.3, -0.25) is 4.90 Å². The zero-order chi connectivity index (χ0) is 44.9. The molecule has 10 rings (SSSR count). The minimum absolute atomic E-state index is 0.00816. The number of methoxy groups -OCH3 is 1. The molecule has 0 spiro atoms. The second-order valence-corrected chi connectivity index (χ2v) is 18.0. The fourth-order valence-electron chi connectivity index (χ4n) is 8.27. The van der Waals surface area contributed by atoms with Crippen LogP contribution in [0.4, 0.5) is 8.78 Å². The Morgan fingerprint density at radius 3 is 2.45 bits per heavy atom. The average Bonchev–Trinajstić information content (AvgIpc) is 3.76. The summed E-state index contributed by atoms with van der Waals surface area (Å²) in [4.78, 5) is 36.5. The Morgan fingerprint density at radius 1 is 0.984 bits per heavy atom. The lowest BCUT2D eigenvalue weighted by Crippen LogP contribution is -2.49. The van der Waals surface area contributed by atoms with E-state index >= 15 is 8.78 Å². The molecule has 1 N–H and O–H groups in total. The van der Waals surface area contributed by atoms with Crippen molar-refractivity contribution in [3.8, 4) is 51.4 Å². The van der Waals surface area contributed by atoms with Crippen LogP contribution >= 0.6 is 34.5 Å². The first-order chi connectivity index (χ1) is 30.8. The van der Waals surface area contributed by atoms with E-state index in [2.05, 4.69) is 31.8 Å². The third-order valence-corrected chi connectivity index (χ3v) is 14.0. The highest BCUT2D eigenvalue weighted by atomic mass is 35.5. The van der Waals surface area contributed by atoms with Crippen molar-refractivity contribution in [2.24, 2.45) is 0 Å². The van der Waals surface area contributed by atoms with Crippen LogP contribution in [-0.2, 0) is 17.8 Å². The van der Waals surface area contributed by atoms with E-state index in [1.807, 2.05) is 24.3 Å². The predicted molar refractivity (Wildman–Crippen MR) is 239 cm³/mol. The number of carboxylic acid groups (broad SMARTS) is 1. The summed E-state index contributed by atoms with van der Waals surface area (Å²) in [5, 5.41) is 11.5. The Balaban J connectivity index is 1.15. The van der Waals surface area contributed by atoms with E-state index in [1.54, 1.807) is 51.4 Å². The molecule has 1 unspecified atom stereocenters. The smallest absolute Gasteiger partial charge is 0.345 e. The van der Waals surface area contributed by atoms with Crippen molar-refractivity contribution >= 4 is 50.7 Å². The van der Waals surface area contributed by atoms with Crippen molar-refractivity contribution in [3.63, 3.8) is 0 Å². The zero-order valence-corrected chi connectivity index (χ0v) is 37.7. The highest BCUT2D eigenvalue weighted by Gasteiger charge is 2.59. The number of aromatic nitrogens is 4. The van der Waals surface area contributed by atoms with Gasteiger partial charge in [-0.2, -0.15) is 0 Å². The van der Waals surface area contributed by atoms with Crippen molar-refractivity contribution in [2.75, 3.05) is 53.5 Å². The number of nitrogens with zero attached hydrogens (tertiary/aromatic N) is 6. The van der Waals surface area contributed by atoms with Crippen molar-refractivity contribution in [2.45, 2.75) is 57.3 Å². The Bertz CT molecular complexity index is 2720. The molecular formula is C46H44Cl2F2N6O7S. The fourth-order valence-corrected chi connectivity index (χ4v) is 10.1. The number of para-hydroxylation sites is 1. The standard InChI is InChI=1S/C46H44Cl2F2N6O7S/c1-24-35-25(2)39(48)40(38(24)47)62-29(20-56-15-13-55(3)14-16-56)22-60-28-9-10-32(61-21-27-11-12-51-42(54-27)30-7-5-6-8-33(30)59-4)26(17-28)18-34(45(57)58)63-43-37-36(35)41(31-19-46(31,49)50)64-44(37)53-23-52-43/h5-12,17,23,29,31,34H,13-16,18-22H2,1-4H3,(H,57,58)/t29-,31?,34-/m1/s1. The van der Waals surface area contributed by atoms with Crippen LogP contribution in [0.1, 0.15) is 39.6 Å². The van der Waals surface area contributed by atoms with Crippen LogP contribution in [0.5, 0.6) is 28.9 Å². The molecule has 334 valence electrons. The maximum absolute atomic E-state index is 15.1. The summed E-state index contributed by atoms with van der Waals surface area (Å²) in [6, 6.07) is 14.3. The quantitative estimate of drug-likeness (QED) is 0.148. The number of hydrogen-bond acceptors (Lipinski definition) is 13. The molecule has 3 atom stereocenters. The van der Waals surface area contributed by atoms with E-state index in [9.17, 15) is 9.90 Å². The number of carboxylic acids is 1. The first-order valence-electron chi connectivity index (χ1n) is 20.7. The average molecular weight is 934 g/mol. The third-order valence-electron chi connectivity index (χ3n) is 11.9. The summed E-state index contributed by atoms with van der Waals surface area (Å²) in [7, 11) is 3.66. The van der Waals surface area contributed by atoms with Crippen LogP contribution in [0.25, 0.3) is 32.7 Å². The van der Waals surface area contributed by atoms with Crippen molar-refractivity contribution < 1.29 is 42.4 Å². The van der Waals surface area contributed by atoms with Gasteiger partial charge in [-0.1, -0.05) is 35.3 Å². The molecule has 4 bridgehead atoms. The molecule has 3 aromatic heterocycles. The molecule has 6 heterocycles. The molecular weight excluding hydrogens is 890 g/mol. The summed E-state index contributed by atoms with van der Waals surface area (Å²) in [6.07, 6.45) is 0.179. The molecule has 1 saturated carbocycles. The Morgan fingerprint density at radius 2 is 1.73 bits per heavy atom. The topological polar surface area (TPSA) is 141 Å². The molecule has 6 aromatic rings. The van der Waals surface area contributed by atoms with E-state index in [0.29, 0.717) is 78.4 Å². The first-order valence-corrected chi connectivity index (χ1v) is 22.3. The summed E-state index contributed by atoms with van der Waals surface area (Å²) in [6.45, 7) is 7.48. The number of benzene rings is 3. The van der Waals surface area contributed by atoms with E-state index < -0.39 is 30.0 Å². The van der Waals surface area contributed by atoms with Crippen LogP contribution in [0.2, 0.25) is 10.0 Å². The normalized spacial score (nSPS) is 19.9. The van der Waals surface area contributed by atoms with Gasteiger partial charge in [0.1, 0.15) is 47.7 Å². The summed E-state index contributed by atoms with van der Waals surface area (Å²) < 4.78 is 61.6. The molecule has 2 fully saturated rings. The molecule has 13 nitrogen and oxygen atoms in total. The maximum Gasteiger partial charge on any atom is 0.345 e. The summed E-state index contributed by atoms with van der Waals surface area (Å²) in [5.41, 5.74) is 3.64. The van der Waals surface area contributed by atoms with Crippen LogP contribution in [0.15, 0.2) is 61.1 Å². The molecule has 0 amide bonds. The van der Waals surface area contributed by atoms with Crippen molar-refractivity contribution in [1.82, 2.24) is 29.7 Å². The van der Waals surface area contributed by atoms with Crippen molar-refractivity contribution in [3.05, 3.63) is 98.4 Å². The summed E-state index contributed by atoms with van der Waals surface area (Å²) >= 11 is 15.5. The SMILES string of the molecule is COc1ccccc1-c1nccc(COc2ccc3cc2C[C@H](C(=O)O)Oc2ncnc4sc(C5CC5(F)F)c(c24)-c2c(C)c(Cl)c(c(Cl)c2C)O[C@H](CN2CCN(C)CC2)CO3)n1.